The van der Waals surface area contributed by atoms with Gasteiger partial charge in [-0.3, -0.25) is 0 Å². The van der Waals surface area contributed by atoms with Crippen molar-refractivity contribution < 1.29 is 0 Å². The Labute approximate surface area is 103 Å². The summed E-state index contributed by atoms with van der Waals surface area (Å²) in [6.45, 7) is 7.88. The van der Waals surface area contributed by atoms with Crippen LogP contribution in [0.25, 0.3) is 10.8 Å². The number of likely N-dealkylation sites (N-methyl/N-ethyl adjacent to an activating group) is 1. The molecule has 1 unspecified atom stereocenters. The van der Waals surface area contributed by atoms with Gasteiger partial charge in [-0.2, -0.15) is 0 Å². The molecular formula is C16H19N. The van der Waals surface area contributed by atoms with Crippen LogP contribution in [0.2, 0.25) is 0 Å². The van der Waals surface area contributed by atoms with E-state index in [1.54, 1.807) is 0 Å². The Morgan fingerprint density at radius 1 is 1.12 bits per heavy atom. The van der Waals surface area contributed by atoms with E-state index in [0.29, 0.717) is 6.04 Å². The minimum atomic E-state index is 0.180. The molecular weight excluding hydrogens is 206 g/mol. The maximum atomic E-state index is 3.64. The van der Waals surface area contributed by atoms with Gasteiger partial charge < -0.3 is 5.32 Å². The normalized spacial score (nSPS) is 21.0. The molecule has 1 N–H and O–H groups in total. The van der Waals surface area contributed by atoms with Crippen molar-refractivity contribution in [3.05, 3.63) is 47.5 Å². The third-order valence-electron chi connectivity index (χ3n) is 4.07. The predicted molar refractivity (Wildman–Crippen MR) is 73.4 cm³/mol. The van der Waals surface area contributed by atoms with E-state index in [2.05, 4.69) is 62.5 Å². The van der Waals surface area contributed by atoms with Gasteiger partial charge in [-0.1, -0.05) is 57.2 Å². The Bertz CT molecular complexity index is 563. The lowest BCUT2D eigenvalue weighted by Crippen LogP contribution is -2.33. The van der Waals surface area contributed by atoms with Crippen LogP contribution in [-0.2, 0) is 5.41 Å². The van der Waals surface area contributed by atoms with Gasteiger partial charge in [0.15, 0.2) is 0 Å². The highest BCUT2D eigenvalue weighted by Gasteiger charge is 2.39. The van der Waals surface area contributed by atoms with E-state index in [1.165, 1.54) is 21.9 Å². The Balaban J connectivity index is 2.33. The van der Waals surface area contributed by atoms with E-state index in [-0.39, 0.29) is 5.41 Å². The summed E-state index contributed by atoms with van der Waals surface area (Å²) in [5.74, 6) is 0. The summed E-state index contributed by atoms with van der Waals surface area (Å²) in [5.41, 5.74) is 3.13. The van der Waals surface area contributed by atoms with Crippen molar-refractivity contribution in [1.29, 1.82) is 0 Å². The largest absolute Gasteiger partial charge is 0.309 e. The van der Waals surface area contributed by atoms with E-state index in [0.717, 1.165) is 6.54 Å². The number of nitrogens with one attached hydrogen (secondary N) is 1. The standard InChI is InChI=1S/C16H19N/c1-4-17-15-12-9-5-7-11-8-6-10-13(14(11)12)16(15,2)3/h5-10,15,17H,4H2,1-3H3. The quantitative estimate of drug-likeness (QED) is 0.820. The molecule has 0 radical (unpaired) electrons. The summed E-state index contributed by atoms with van der Waals surface area (Å²) in [6, 6.07) is 13.8. The van der Waals surface area contributed by atoms with Gasteiger partial charge in [-0.15, -0.1) is 0 Å². The Morgan fingerprint density at radius 3 is 2.53 bits per heavy atom. The van der Waals surface area contributed by atoms with Crippen LogP contribution in [0.15, 0.2) is 36.4 Å². The molecule has 0 aromatic heterocycles. The van der Waals surface area contributed by atoms with Gasteiger partial charge in [0.05, 0.1) is 0 Å². The highest BCUT2D eigenvalue weighted by atomic mass is 14.9. The van der Waals surface area contributed by atoms with Crippen LogP contribution in [0.3, 0.4) is 0 Å². The topological polar surface area (TPSA) is 12.0 Å². The molecule has 2 aromatic carbocycles. The lowest BCUT2D eigenvalue weighted by Gasteiger charge is -2.29. The van der Waals surface area contributed by atoms with Crippen LogP contribution in [0, 0.1) is 0 Å². The van der Waals surface area contributed by atoms with Crippen LogP contribution in [0.5, 0.6) is 0 Å². The SMILES string of the molecule is CCNC1c2cccc3cccc(c23)C1(C)C. The van der Waals surface area contributed by atoms with Crippen molar-refractivity contribution in [3.63, 3.8) is 0 Å². The number of benzene rings is 2. The monoisotopic (exact) mass is 225 g/mol. The summed E-state index contributed by atoms with van der Waals surface area (Å²) >= 11 is 0. The van der Waals surface area contributed by atoms with Crippen molar-refractivity contribution in [2.75, 3.05) is 6.54 Å². The molecule has 0 heterocycles. The molecule has 88 valence electrons. The third-order valence-corrected chi connectivity index (χ3v) is 4.07. The minimum absolute atomic E-state index is 0.180. The molecule has 0 saturated carbocycles. The van der Waals surface area contributed by atoms with Gasteiger partial charge in [0, 0.05) is 11.5 Å². The maximum Gasteiger partial charge on any atom is 0.0419 e. The summed E-state index contributed by atoms with van der Waals surface area (Å²) in [7, 11) is 0. The molecule has 17 heavy (non-hydrogen) atoms. The molecule has 1 aliphatic rings. The fraction of sp³-hybridized carbons (Fsp3) is 0.375. The van der Waals surface area contributed by atoms with Crippen LogP contribution in [0.4, 0.5) is 0 Å². The van der Waals surface area contributed by atoms with Gasteiger partial charge >= 0.3 is 0 Å². The van der Waals surface area contributed by atoms with E-state index < -0.39 is 0 Å². The molecule has 0 fully saturated rings. The highest BCUT2D eigenvalue weighted by Crippen LogP contribution is 2.48. The highest BCUT2D eigenvalue weighted by molar-refractivity contribution is 5.92. The first-order chi connectivity index (χ1) is 8.16. The molecule has 1 atom stereocenters. The zero-order valence-corrected chi connectivity index (χ0v) is 10.7. The predicted octanol–water partition coefficient (Wildman–Crippen LogP) is 3.78. The molecule has 2 aromatic rings. The molecule has 1 aliphatic carbocycles. The fourth-order valence-corrected chi connectivity index (χ4v) is 3.26. The van der Waals surface area contributed by atoms with E-state index in [4.69, 9.17) is 0 Å². The van der Waals surface area contributed by atoms with Crippen LogP contribution in [0.1, 0.15) is 37.9 Å². The van der Waals surface area contributed by atoms with Crippen LogP contribution < -0.4 is 5.32 Å². The second-order valence-electron chi connectivity index (χ2n) is 5.46. The first kappa shape index (κ1) is 10.8. The molecule has 0 saturated heterocycles. The molecule has 1 nitrogen and oxygen atoms in total. The molecule has 0 aliphatic heterocycles. The van der Waals surface area contributed by atoms with Crippen molar-refractivity contribution in [3.8, 4) is 0 Å². The first-order valence-electron chi connectivity index (χ1n) is 6.41. The lowest BCUT2D eigenvalue weighted by atomic mass is 9.81. The van der Waals surface area contributed by atoms with Gasteiger partial charge in [-0.25, -0.2) is 0 Å². The van der Waals surface area contributed by atoms with Crippen molar-refractivity contribution in [2.45, 2.75) is 32.2 Å². The molecule has 3 rings (SSSR count). The summed E-state index contributed by atoms with van der Waals surface area (Å²) in [4.78, 5) is 0. The van der Waals surface area contributed by atoms with E-state index in [9.17, 15) is 0 Å². The average Bonchev–Trinajstić information content (AvgIpc) is 2.54. The molecule has 0 amide bonds. The average molecular weight is 225 g/mol. The second kappa shape index (κ2) is 3.58. The maximum absolute atomic E-state index is 3.64. The molecule has 1 heteroatoms. The number of rotatable bonds is 2. The third kappa shape index (κ3) is 1.35. The van der Waals surface area contributed by atoms with Crippen molar-refractivity contribution in [2.24, 2.45) is 0 Å². The number of hydrogen-bond donors (Lipinski definition) is 1. The Morgan fingerprint density at radius 2 is 1.82 bits per heavy atom. The fourth-order valence-electron chi connectivity index (χ4n) is 3.26. The van der Waals surface area contributed by atoms with Crippen LogP contribution in [-0.4, -0.2) is 6.54 Å². The molecule has 0 spiro atoms. The smallest absolute Gasteiger partial charge is 0.0419 e. The van der Waals surface area contributed by atoms with Gasteiger partial charge in [0.1, 0.15) is 0 Å². The summed E-state index contributed by atoms with van der Waals surface area (Å²) in [6.07, 6.45) is 0. The summed E-state index contributed by atoms with van der Waals surface area (Å²) in [5, 5.41) is 6.47. The van der Waals surface area contributed by atoms with Crippen molar-refractivity contribution >= 4 is 10.8 Å². The van der Waals surface area contributed by atoms with Gasteiger partial charge in [0.25, 0.3) is 0 Å². The second-order valence-corrected chi connectivity index (χ2v) is 5.46. The lowest BCUT2D eigenvalue weighted by molar-refractivity contribution is 0.372. The zero-order chi connectivity index (χ0) is 12.0. The van der Waals surface area contributed by atoms with Crippen LogP contribution >= 0.6 is 0 Å². The van der Waals surface area contributed by atoms with Crippen molar-refractivity contribution in [1.82, 2.24) is 5.32 Å². The van der Waals surface area contributed by atoms with Gasteiger partial charge in [0.2, 0.25) is 0 Å². The van der Waals surface area contributed by atoms with Gasteiger partial charge in [-0.05, 0) is 28.4 Å². The van der Waals surface area contributed by atoms with E-state index >= 15 is 0 Å². The van der Waals surface area contributed by atoms with E-state index in [1.807, 2.05) is 0 Å². The zero-order valence-electron chi connectivity index (χ0n) is 10.7. The minimum Gasteiger partial charge on any atom is -0.309 e. The molecule has 0 bridgehead atoms. The number of hydrogen-bond acceptors (Lipinski definition) is 1. The Hall–Kier alpha value is -1.34. The Kier molecular flexibility index (Phi) is 2.27. The first-order valence-corrected chi connectivity index (χ1v) is 6.41. The summed E-state index contributed by atoms with van der Waals surface area (Å²) < 4.78 is 0.